The van der Waals surface area contributed by atoms with Gasteiger partial charge in [-0.1, -0.05) is 24.3 Å². The van der Waals surface area contributed by atoms with Crippen molar-refractivity contribution in [2.75, 3.05) is 13.1 Å². The van der Waals surface area contributed by atoms with E-state index >= 15 is 0 Å². The quantitative estimate of drug-likeness (QED) is 0.795. The normalized spacial score (nSPS) is 19.6. The van der Waals surface area contributed by atoms with Crippen molar-refractivity contribution in [3.05, 3.63) is 29.8 Å². The zero-order valence-electron chi connectivity index (χ0n) is 10.7. The molecule has 0 unspecified atom stereocenters. The van der Waals surface area contributed by atoms with E-state index in [0.29, 0.717) is 11.5 Å². The van der Waals surface area contributed by atoms with E-state index in [4.69, 9.17) is 10.0 Å². The molecule has 0 bridgehead atoms. The summed E-state index contributed by atoms with van der Waals surface area (Å²) in [7, 11) is -1.36. The van der Waals surface area contributed by atoms with Gasteiger partial charge in [0.25, 0.3) is 0 Å². The van der Waals surface area contributed by atoms with Crippen molar-refractivity contribution in [3.63, 3.8) is 0 Å². The van der Waals surface area contributed by atoms with E-state index in [2.05, 4.69) is 11.8 Å². The van der Waals surface area contributed by atoms with Crippen molar-refractivity contribution in [1.82, 2.24) is 4.90 Å². The molecule has 0 saturated carbocycles. The SMILES string of the molecule is C[C@@H]1CCCN1CCc1ccc(B(O)O)cc1.Cl. The molecule has 1 aliphatic rings. The summed E-state index contributed by atoms with van der Waals surface area (Å²) in [6.45, 7) is 4.61. The second kappa shape index (κ2) is 7.14. The predicted octanol–water partition coefficient (Wildman–Crippen LogP) is 0.815. The molecule has 100 valence electrons. The molecule has 1 saturated heterocycles. The maximum atomic E-state index is 9.00. The Hall–Kier alpha value is -0.545. The van der Waals surface area contributed by atoms with Gasteiger partial charge in [-0.15, -0.1) is 12.4 Å². The van der Waals surface area contributed by atoms with Crippen molar-refractivity contribution < 1.29 is 10.0 Å². The summed E-state index contributed by atoms with van der Waals surface area (Å²) in [5.74, 6) is 0. The molecule has 5 heteroatoms. The molecule has 2 N–H and O–H groups in total. The summed E-state index contributed by atoms with van der Waals surface area (Å²) >= 11 is 0. The summed E-state index contributed by atoms with van der Waals surface area (Å²) in [6, 6.07) is 8.25. The third kappa shape index (κ3) is 3.99. The molecule has 0 amide bonds. The van der Waals surface area contributed by atoms with Gasteiger partial charge < -0.3 is 14.9 Å². The minimum absolute atomic E-state index is 0. The van der Waals surface area contributed by atoms with Crippen LogP contribution in [0.15, 0.2) is 24.3 Å². The Balaban J connectivity index is 0.00000162. The van der Waals surface area contributed by atoms with Crippen LogP contribution in [-0.4, -0.2) is 41.2 Å². The van der Waals surface area contributed by atoms with Gasteiger partial charge in [-0.3, -0.25) is 0 Å². The van der Waals surface area contributed by atoms with E-state index in [1.807, 2.05) is 12.1 Å². The van der Waals surface area contributed by atoms with Crippen LogP contribution >= 0.6 is 12.4 Å². The first-order chi connectivity index (χ1) is 8.16. The zero-order chi connectivity index (χ0) is 12.3. The Morgan fingerprint density at radius 2 is 1.94 bits per heavy atom. The van der Waals surface area contributed by atoms with Gasteiger partial charge in [0.05, 0.1) is 0 Å². The van der Waals surface area contributed by atoms with Crippen molar-refractivity contribution in [1.29, 1.82) is 0 Å². The fourth-order valence-corrected chi connectivity index (χ4v) is 2.45. The van der Waals surface area contributed by atoms with E-state index in [-0.39, 0.29) is 12.4 Å². The average molecular weight is 270 g/mol. The first-order valence-electron chi connectivity index (χ1n) is 6.36. The van der Waals surface area contributed by atoms with Crippen LogP contribution < -0.4 is 5.46 Å². The second-order valence-corrected chi connectivity index (χ2v) is 4.89. The molecule has 1 fully saturated rings. The Morgan fingerprint density at radius 1 is 1.28 bits per heavy atom. The van der Waals surface area contributed by atoms with Crippen LogP contribution in [-0.2, 0) is 6.42 Å². The standard InChI is InChI=1S/C13H20BNO2.ClH/c1-11-3-2-9-15(11)10-8-12-4-6-13(7-5-12)14(16)17;/h4-7,11,16-17H,2-3,8-10H2,1H3;1H/t11-;/m1./s1. The second-order valence-electron chi connectivity index (χ2n) is 4.89. The van der Waals surface area contributed by atoms with E-state index in [0.717, 1.165) is 13.0 Å². The summed E-state index contributed by atoms with van der Waals surface area (Å²) in [5, 5.41) is 18.0. The summed E-state index contributed by atoms with van der Waals surface area (Å²) in [4.78, 5) is 2.52. The number of hydrogen-bond donors (Lipinski definition) is 2. The van der Waals surface area contributed by atoms with Gasteiger partial charge in [0, 0.05) is 12.6 Å². The van der Waals surface area contributed by atoms with Crippen LogP contribution in [0, 0.1) is 0 Å². The number of likely N-dealkylation sites (tertiary alicyclic amines) is 1. The van der Waals surface area contributed by atoms with Crippen LogP contribution in [0.2, 0.25) is 0 Å². The molecule has 1 aromatic carbocycles. The number of hydrogen-bond acceptors (Lipinski definition) is 3. The van der Waals surface area contributed by atoms with Crippen molar-refractivity contribution in [3.8, 4) is 0 Å². The average Bonchev–Trinajstić information content (AvgIpc) is 2.73. The minimum atomic E-state index is -1.36. The number of rotatable bonds is 4. The lowest BCUT2D eigenvalue weighted by Crippen LogP contribution is -2.30. The maximum Gasteiger partial charge on any atom is 0.488 e. The number of benzene rings is 1. The molecule has 1 aromatic rings. The summed E-state index contributed by atoms with van der Waals surface area (Å²) in [5.41, 5.74) is 1.82. The van der Waals surface area contributed by atoms with Gasteiger partial charge in [0.2, 0.25) is 0 Å². The third-order valence-corrected chi connectivity index (χ3v) is 3.66. The molecule has 1 aliphatic heterocycles. The van der Waals surface area contributed by atoms with Crippen molar-refractivity contribution in [2.45, 2.75) is 32.2 Å². The highest BCUT2D eigenvalue weighted by Gasteiger charge is 2.19. The van der Waals surface area contributed by atoms with Crippen molar-refractivity contribution in [2.24, 2.45) is 0 Å². The molecule has 18 heavy (non-hydrogen) atoms. The van der Waals surface area contributed by atoms with Gasteiger partial charge >= 0.3 is 7.12 Å². The van der Waals surface area contributed by atoms with Crippen LogP contribution in [0.1, 0.15) is 25.3 Å². The Bertz CT molecular complexity index is 359. The monoisotopic (exact) mass is 269 g/mol. The van der Waals surface area contributed by atoms with Gasteiger partial charge in [-0.2, -0.15) is 0 Å². The Morgan fingerprint density at radius 3 is 2.44 bits per heavy atom. The van der Waals surface area contributed by atoms with Crippen LogP contribution in [0.3, 0.4) is 0 Å². The van der Waals surface area contributed by atoms with Gasteiger partial charge in [-0.05, 0) is 43.8 Å². The number of nitrogens with zero attached hydrogens (tertiary/aromatic N) is 1. The fourth-order valence-electron chi connectivity index (χ4n) is 2.45. The van der Waals surface area contributed by atoms with E-state index in [9.17, 15) is 0 Å². The highest BCUT2D eigenvalue weighted by Crippen LogP contribution is 2.16. The highest BCUT2D eigenvalue weighted by molar-refractivity contribution is 6.58. The predicted molar refractivity (Wildman–Crippen MR) is 77.5 cm³/mol. The van der Waals surface area contributed by atoms with Crippen LogP contribution in [0.5, 0.6) is 0 Å². The van der Waals surface area contributed by atoms with Gasteiger partial charge in [0.1, 0.15) is 0 Å². The molecule has 0 spiro atoms. The van der Waals surface area contributed by atoms with Crippen LogP contribution in [0.4, 0.5) is 0 Å². The topological polar surface area (TPSA) is 43.7 Å². The molecule has 3 nitrogen and oxygen atoms in total. The molecular weight excluding hydrogens is 248 g/mol. The summed E-state index contributed by atoms with van der Waals surface area (Å²) < 4.78 is 0. The molecule has 0 aliphatic carbocycles. The van der Waals surface area contributed by atoms with Gasteiger partial charge in [0.15, 0.2) is 0 Å². The van der Waals surface area contributed by atoms with E-state index in [1.54, 1.807) is 12.1 Å². The maximum absolute atomic E-state index is 9.00. The molecule has 1 atom stereocenters. The Kier molecular flexibility index (Phi) is 6.16. The first kappa shape index (κ1) is 15.5. The first-order valence-corrected chi connectivity index (χ1v) is 6.36. The lowest BCUT2D eigenvalue weighted by Gasteiger charge is -2.20. The largest absolute Gasteiger partial charge is 0.488 e. The Labute approximate surface area is 115 Å². The summed E-state index contributed by atoms with van der Waals surface area (Å²) in [6.07, 6.45) is 3.67. The lowest BCUT2D eigenvalue weighted by atomic mass is 9.80. The molecule has 0 aromatic heterocycles. The highest BCUT2D eigenvalue weighted by atomic mass is 35.5. The number of halogens is 1. The van der Waals surface area contributed by atoms with Crippen molar-refractivity contribution >= 4 is 25.0 Å². The van der Waals surface area contributed by atoms with Crippen LogP contribution in [0.25, 0.3) is 0 Å². The zero-order valence-corrected chi connectivity index (χ0v) is 11.6. The fraction of sp³-hybridized carbons (Fsp3) is 0.538. The smallest absolute Gasteiger partial charge is 0.423 e. The van der Waals surface area contributed by atoms with E-state index in [1.165, 1.54) is 24.9 Å². The lowest BCUT2D eigenvalue weighted by molar-refractivity contribution is 0.272. The molecule has 2 rings (SSSR count). The van der Waals surface area contributed by atoms with E-state index < -0.39 is 7.12 Å². The molecule has 1 heterocycles. The third-order valence-electron chi connectivity index (χ3n) is 3.66. The molecular formula is C13H21BClNO2. The molecule has 0 radical (unpaired) electrons. The van der Waals surface area contributed by atoms with Gasteiger partial charge in [-0.25, -0.2) is 0 Å². The minimum Gasteiger partial charge on any atom is -0.423 e.